The second-order valence-corrected chi connectivity index (χ2v) is 9.32. The second-order valence-electron chi connectivity index (χ2n) is 5.97. The summed E-state index contributed by atoms with van der Waals surface area (Å²) in [7, 11) is -3.30. The number of benzene rings is 2. The third kappa shape index (κ3) is 2.23. The van der Waals surface area contributed by atoms with E-state index in [0.717, 1.165) is 36.0 Å². The van der Waals surface area contributed by atoms with Crippen LogP contribution in [0.2, 0.25) is 0 Å². The van der Waals surface area contributed by atoms with Gasteiger partial charge in [0.1, 0.15) is 0 Å². The van der Waals surface area contributed by atoms with E-state index in [1.165, 1.54) is 0 Å². The molecule has 0 atom stereocenters. The Balaban J connectivity index is 1.78. The van der Waals surface area contributed by atoms with Gasteiger partial charge < -0.3 is 0 Å². The third-order valence-electron chi connectivity index (χ3n) is 4.40. The van der Waals surface area contributed by atoms with Gasteiger partial charge in [-0.1, -0.05) is 0 Å². The molecular formula is C17H22N3O2P. The van der Waals surface area contributed by atoms with E-state index in [0.29, 0.717) is 6.29 Å². The van der Waals surface area contributed by atoms with Gasteiger partial charge in [-0.15, -0.1) is 0 Å². The van der Waals surface area contributed by atoms with Crippen molar-refractivity contribution in [2.45, 2.75) is 13.8 Å². The molecule has 4 rings (SSSR count). The van der Waals surface area contributed by atoms with E-state index < -0.39 is 7.36 Å². The summed E-state index contributed by atoms with van der Waals surface area (Å²) in [5.41, 5.74) is 1.97. The molecule has 122 valence electrons. The predicted octanol–water partition coefficient (Wildman–Crippen LogP) is 4.51. The zero-order valence-corrected chi connectivity index (χ0v) is 14.3. The van der Waals surface area contributed by atoms with E-state index in [1.807, 2.05) is 48.5 Å². The SMILES string of the molecule is CCN(CC)CP12(Nc3ccccc3O1)Nc1ccccc1O2. The van der Waals surface area contributed by atoms with Gasteiger partial charge in [0.05, 0.1) is 0 Å². The molecule has 5 nitrogen and oxygen atoms in total. The van der Waals surface area contributed by atoms with Crippen LogP contribution in [0.1, 0.15) is 13.8 Å². The van der Waals surface area contributed by atoms with Gasteiger partial charge >= 0.3 is 136 Å². The van der Waals surface area contributed by atoms with Crippen LogP contribution in [-0.2, 0) is 0 Å². The summed E-state index contributed by atoms with van der Waals surface area (Å²) in [5, 5.41) is 7.21. The van der Waals surface area contributed by atoms with Crippen molar-refractivity contribution in [1.82, 2.24) is 4.90 Å². The van der Waals surface area contributed by atoms with Crippen LogP contribution in [0, 0.1) is 0 Å². The van der Waals surface area contributed by atoms with Crippen LogP contribution in [0.3, 0.4) is 0 Å². The standard InChI is InChI=1S/C17H22N3O2P/c1-3-20(4-2)13-23(18-14-9-5-7-11-16(14)21-23)19-15-10-6-8-12-17(15)22-23/h5-12,18-19H,3-4,13H2,1-2H3. The summed E-state index contributed by atoms with van der Waals surface area (Å²) in [4.78, 5) is 2.33. The van der Waals surface area contributed by atoms with Crippen molar-refractivity contribution in [2.24, 2.45) is 0 Å². The Kier molecular flexibility index (Phi) is 3.19. The van der Waals surface area contributed by atoms with Crippen LogP contribution in [0.4, 0.5) is 11.4 Å². The average molecular weight is 331 g/mol. The molecule has 0 bridgehead atoms. The number of rotatable bonds is 4. The molecule has 0 fully saturated rings. The van der Waals surface area contributed by atoms with Crippen molar-refractivity contribution in [3.8, 4) is 11.5 Å². The van der Waals surface area contributed by atoms with Crippen LogP contribution >= 0.6 is 7.36 Å². The summed E-state index contributed by atoms with van der Waals surface area (Å²) in [6.45, 7) is 6.20. The maximum absolute atomic E-state index is 6.50. The molecule has 2 N–H and O–H groups in total. The van der Waals surface area contributed by atoms with Crippen molar-refractivity contribution in [3.63, 3.8) is 0 Å². The molecule has 2 aromatic rings. The summed E-state index contributed by atoms with van der Waals surface area (Å²) < 4.78 is 13.0. The Bertz CT molecular complexity index is 635. The topological polar surface area (TPSA) is 45.8 Å². The first-order chi connectivity index (χ1) is 11.2. The molecular weight excluding hydrogens is 309 g/mol. The molecule has 0 radical (unpaired) electrons. The molecule has 0 saturated carbocycles. The number of anilines is 2. The summed E-state index contributed by atoms with van der Waals surface area (Å²) >= 11 is 0. The quantitative estimate of drug-likeness (QED) is 0.807. The molecule has 23 heavy (non-hydrogen) atoms. The fourth-order valence-electron chi connectivity index (χ4n) is 3.23. The molecule has 0 saturated heterocycles. The fraction of sp³-hybridized carbons (Fsp3) is 0.294. The van der Waals surface area contributed by atoms with Crippen LogP contribution in [0.25, 0.3) is 0 Å². The molecule has 0 amide bonds. The number of nitrogens with one attached hydrogen (secondary N) is 2. The zero-order valence-electron chi connectivity index (χ0n) is 13.5. The van der Waals surface area contributed by atoms with Crippen LogP contribution < -0.4 is 19.2 Å². The van der Waals surface area contributed by atoms with E-state index in [2.05, 4.69) is 28.9 Å². The minimum atomic E-state index is -3.30. The first-order valence-electron chi connectivity index (χ1n) is 8.05. The Hall–Kier alpha value is -1.97. The van der Waals surface area contributed by atoms with Crippen LogP contribution in [0.5, 0.6) is 11.5 Å². The van der Waals surface area contributed by atoms with Gasteiger partial charge in [0.25, 0.3) is 0 Å². The molecule has 2 heterocycles. The molecule has 2 aliphatic heterocycles. The number of hydrogen-bond acceptors (Lipinski definition) is 5. The molecule has 0 aromatic heterocycles. The summed E-state index contributed by atoms with van der Waals surface area (Å²) in [5.74, 6) is 1.69. The van der Waals surface area contributed by atoms with Crippen molar-refractivity contribution in [3.05, 3.63) is 48.5 Å². The fourth-order valence-corrected chi connectivity index (χ4v) is 7.39. The number of fused-ring (bicyclic) bond motifs is 2. The molecule has 2 aliphatic rings. The zero-order chi connectivity index (χ0) is 15.9. The van der Waals surface area contributed by atoms with Crippen molar-refractivity contribution >= 4 is 18.7 Å². The van der Waals surface area contributed by atoms with Gasteiger partial charge in [-0.3, -0.25) is 0 Å². The van der Waals surface area contributed by atoms with E-state index in [9.17, 15) is 0 Å². The Morgan fingerprint density at radius 2 is 1.30 bits per heavy atom. The van der Waals surface area contributed by atoms with Crippen molar-refractivity contribution in [2.75, 3.05) is 29.5 Å². The van der Waals surface area contributed by atoms with Gasteiger partial charge in [-0.2, -0.15) is 0 Å². The molecule has 6 heteroatoms. The van der Waals surface area contributed by atoms with Gasteiger partial charge in [0.15, 0.2) is 0 Å². The summed E-state index contributed by atoms with van der Waals surface area (Å²) in [6.07, 6.45) is 0.683. The van der Waals surface area contributed by atoms with E-state index in [1.54, 1.807) is 0 Å². The van der Waals surface area contributed by atoms with Crippen molar-refractivity contribution in [1.29, 1.82) is 0 Å². The minimum absolute atomic E-state index is 0.683. The average Bonchev–Trinajstić information content (AvgIpc) is 3.06. The van der Waals surface area contributed by atoms with Crippen LogP contribution in [-0.4, -0.2) is 24.3 Å². The van der Waals surface area contributed by atoms with Crippen molar-refractivity contribution < 1.29 is 9.05 Å². The molecule has 1 spiro atoms. The number of nitrogens with zero attached hydrogens (tertiary/aromatic N) is 1. The van der Waals surface area contributed by atoms with E-state index in [-0.39, 0.29) is 0 Å². The van der Waals surface area contributed by atoms with Gasteiger partial charge in [0.2, 0.25) is 0 Å². The first kappa shape index (κ1) is 14.6. The number of para-hydroxylation sites is 4. The number of hydrogen-bond donors (Lipinski definition) is 2. The van der Waals surface area contributed by atoms with E-state index >= 15 is 0 Å². The first-order valence-corrected chi connectivity index (χ1v) is 10.3. The monoisotopic (exact) mass is 331 g/mol. The van der Waals surface area contributed by atoms with Crippen LogP contribution in [0.15, 0.2) is 48.5 Å². The molecule has 0 unspecified atom stereocenters. The Morgan fingerprint density at radius 1 is 0.826 bits per heavy atom. The van der Waals surface area contributed by atoms with Gasteiger partial charge in [0, 0.05) is 0 Å². The van der Waals surface area contributed by atoms with E-state index in [4.69, 9.17) is 9.05 Å². The summed E-state index contributed by atoms with van der Waals surface area (Å²) in [6, 6.07) is 16.0. The Morgan fingerprint density at radius 3 is 1.74 bits per heavy atom. The normalized spacial score (nSPS) is 20.4. The molecule has 0 aliphatic carbocycles. The maximum atomic E-state index is 6.50. The predicted molar refractivity (Wildman–Crippen MR) is 96.1 cm³/mol. The van der Waals surface area contributed by atoms with Gasteiger partial charge in [-0.25, -0.2) is 0 Å². The Labute approximate surface area is 136 Å². The second kappa shape index (κ2) is 5.02. The van der Waals surface area contributed by atoms with Gasteiger partial charge in [-0.05, 0) is 0 Å². The molecule has 2 aromatic carbocycles. The third-order valence-corrected chi connectivity index (χ3v) is 7.87.